The van der Waals surface area contributed by atoms with Gasteiger partial charge in [-0.15, -0.1) is 0 Å². The van der Waals surface area contributed by atoms with E-state index in [2.05, 4.69) is 55.6 Å². The lowest BCUT2D eigenvalue weighted by Gasteiger charge is -2.31. The number of hydrogen-bond donors (Lipinski definition) is 0. The molecule has 0 radical (unpaired) electrons. The third-order valence-corrected chi connectivity index (χ3v) is 4.08. The van der Waals surface area contributed by atoms with Crippen LogP contribution in [0, 0.1) is 0 Å². The minimum Gasteiger partial charge on any atom is -0.302 e. The van der Waals surface area contributed by atoms with Gasteiger partial charge in [-0.05, 0) is 38.6 Å². The normalized spacial score (nSPS) is 22.1. The van der Waals surface area contributed by atoms with E-state index in [4.69, 9.17) is 0 Å². The van der Waals surface area contributed by atoms with Gasteiger partial charge >= 0.3 is 0 Å². The summed E-state index contributed by atoms with van der Waals surface area (Å²) in [6.45, 7) is 1.18. The van der Waals surface area contributed by atoms with Gasteiger partial charge < -0.3 is 4.40 Å². The smallest absolute Gasteiger partial charge is 0.130 e. The van der Waals surface area contributed by atoms with Gasteiger partial charge in [-0.25, -0.2) is 4.98 Å². The SMILES string of the molecule is CN1CCCCC1c1ncc2cc(Br)ccn12. The number of imidazole rings is 1. The fraction of sp³-hybridized carbons (Fsp3) is 0.462. The van der Waals surface area contributed by atoms with Crippen LogP contribution in [0.25, 0.3) is 5.52 Å². The van der Waals surface area contributed by atoms with Crippen LogP contribution in [0.2, 0.25) is 0 Å². The molecule has 1 saturated heterocycles. The van der Waals surface area contributed by atoms with Crippen molar-refractivity contribution in [3.05, 3.63) is 34.8 Å². The molecule has 0 aromatic carbocycles. The van der Waals surface area contributed by atoms with Crippen molar-refractivity contribution in [1.82, 2.24) is 14.3 Å². The molecule has 2 aromatic heterocycles. The number of piperidine rings is 1. The van der Waals surface area contributed by atoms with Gasteiger partial charge in [-0.2, -0.15) is 0 Å². The molecule has 0 saturated carbocycles. The third kappa shape index (κ3) is 2.00. The Morgan fingerprint density at radius 1 is 1.41 bits per heavy atom. The van der Waals surface area contributed by atoms with Crippen molar-refractivity contribution in [2.24, 2.45) is 0 Å². The van der Waals surface area contributed by atoms with Crippen LogP contribution in [0.4, 0.5) is 0 Å². The van der Waals surface area contributed by atoms with Gasteiger partial charge in [0.25, 0.3) is 0 Å². The number of pyridine rings is 1. The van der Waals surface area contributed by atoms with E-state index in [1.165, 1.54) is 31.6 Å². The zero-order chi connectivity index (χ0) is 11.8. The quantitative estimate of drug-likeness (QED) is 0.805. The molecule has 0 spiro atoms. The number of hydrogen-bond acceptors (Lipinski definition) is 2. The number of likely N-dealkylation sites (tertiary alicyclic amines) is 1. The van der Waals surface area contributed by atoms with Gasteiger partial charge in [0.05, 0.1) is 17.8 Å². The molecule has 0 aliphatic carbocycles. The second-order valence-corrected chi connectivity index (χ2v) is 5.66. The molecule has 3 nitrogen and oxygen atoms in total. The van der Waals surface area contributed by atoms with Gasteiger partial charge in [0.1, 0.15) is 5.82 Å². The molecule has 17 heavy (non-hydrogen) atoms. The minimum absolute atomic E-state index is 0.465. The topological polar surface area (TPSA) is 20.5 Å². The van der Waals surface area contributed by atoms with Crippen LogP contribution in [-0.2, 0) is 0 Å². The number of nitrogens with zero attached hydrogens (tertiary/aromatic N) is 3. The molecule has 2 aromatic rings. The van der Waals surface area contributed by atoms with E-state index in [-0.39, 0.29) is 0 Å². The molecule has 3 heterocycles. The largest absolute Gasteiger partial charge is 0.302 e. The van der Waals surface area contributed by atoms with E-state index >= 15 is 0 Å². The van der Waals surface area contributed by atoms with E-state index in [1.54, 1.807) is 0 Å². The average molecular weight is 294 g/mol. The van der Waals surface area contributed by atoms with Crippen LogP contribution in [0.3, 0.4) is 0 Å². The summed E-state index contributed by atoms with van der Waals surface area (Å²) in [5, 5.41) is 0. The lowest BCUT2D eigenvalue weighted by Crippen LogP contribution is -2.30. The van der Waals surface area contributed by atoms with E-state index < -0.39 is 0 Å². The van der Waals surface area contributed by atoms with Gasteiger partial charge in [0, 0.05) is 10.7 Å². The van der Waals surface area contributed by atoms with Crippen molar-refractivity contribution < 1.29 is 0 Å². The molecule has 1 aliphatic rings. The Bertz CT molecular complexity index is 534. The molecule has 4 heteroatoms. The van der Waals surface area contributed by atoms with Crippen LogP contribution in [0.1, 0.15) is 31.1 Å². The average Bonchev–Trinajstić information content (AvgIpc) is 2.72. The number of rotatable bonds is 1. The molecule has 1 unspecified atom stereocenters. The molecule has 0 bridgehead atoms. The second-order valence-electron chi connectivity index (χ2n) is 4.75. The Hall–Kier alpha value is -0.870. The van der Waals surface area contributed by atoms with Crippen LogP contribution in [0.15, 0.2) is 29.0 Å². The molecule has 1 atom stereocenters. The molecule has 0 N–H and O–H groups in total. The Balaban J connectivity index is 2.05. The summed E-state index contributed by atoms with van der Waals surface area (Å²) in [5.74, 6) is 1.18. The molecule has 90 valence electrons. The van der Waals surface area contributed by atoms with Crippen LogP contribution >= 0.6 is 15.9 Å². The molecular formula is C13H16BrN3. The second kappa shape index (κ2) is 4.42. The maximum Gasteiger partial charge on any atom is 0.130 e. The van der Waals surface area contributed by atoms with E-state index in [1.807, 2.05) is 6.20 Å². The lowest BCUT2D eigenvalue weighted by molar-refractivity contribution is 0.179. The molecular weight excluding hydrogens is 278 g/mol. The van der Waals surface area contributed by atoms with Crippen molar-refractivity contribution in [3.63, 3.8) is 0 Å². The Morgan fingerprint density at radius 3 is 3.12 bits per heavy atom. The standard InChI is InChI=1S/C13H16BrN3/c1-16-6-3-2-4-12(16)13-15-9-11-8-10(14)5-7-17(11)13/h5,7-9,12H,2-4,6H2,1H3. The van der Waals surface area contributed by atoms with Crippen LogP contribution in [0.5, 0.6) is 0 Å². The highest BCUT2D eigenvalue weighted by Gasteiger charge is 2.24. The third-order valence-electron chi connectivity index (χ3n) is 3.59. The first kappa shape index (κ1) is 11.2. The first-order valence-electron chi connectivity index (χ1n) is 6.08. The number of halogens is 1. The summed E-state index contributed by atoms with van der Waals surface area (Å²) >= 11 is 3.50. The molecule has 1 fully saturated rings. The lowest BCUT2D eigenvalue weighted by atomic mass is 10.0. The predicted molar refractivity (Wildman–Crippen MR) is 72.1 cm³/mol. The van der Waals surface area contributed by atoms with Gasteiger partial charge in [-0.1, -0.05) is 22.4 Å². The number of fused-ring (bicyclic) bond motifs is 1. The molecule has 1 aliphatic heterocycles. The highest BCUT2D eigenvalue weighted by molar-refractivity contribution is 9.10. The zero-order valence-corrected chi connectivity index (χ0v) is 11.5. The highest BCUT2D eigenvalue weighted by atomic mass is 79.9. The summed E-state index contributed by atoms with van der Waals surface area (Å²) in [4.78, 5) is 7.03. The molecule has 3 rings (SSSR count). The van der Waals surface area contributed by atoms with Crippen molar-refractivity contribution >= 4 is 21.4 Å². The van der Waals surface area contributed by atoms with Crippen LogP contribution < -0.4 is 0 Å². The summed E-state index contributed by atoms with van der Waals surface area (Å²) in [6, 6.07) is 4.65. The minimum atomic E-state index is 0.465. The van der Waals surface area contributed by atoms with Crippen molar-refractivity contribution in [3.8, 4) is 0 Å². The first-order chi connectivity index (χ1) is 8.25. The number of aromatic nitrogens is 2. The highest BCUT2D eigenvalue weighted by Crippen LogP contribution is 2.29. The maximum atomic E-state index is 4.61. The monoisotopic (exact) mass is 293 g/mol. The Labute approximate surface area is 110 Å². The first-order valence-corrected chi connectivity index (χ1v) is 6.88. The summed E-state index contributed by atoms with van der Waals surface area (Å²) < 4.78 is 3.31. The van der Waals surface area contributed by atoms with Gasteiger partial charge in [0.15, 0.2) is 0 Å². The zero-order valence-electron chi connectivity index (χ0n) is 9.93. The fourth-order valence-corrected chi connectivity index (χ4v) is 2.99. The van der Waals surface area contributed by atoms with E-state index in [0.717, 1.165) is 9.99 Å². The Morgan fingerprint density at radius 2 is 2.29 bits per heavy atom. The van der Waals surface area contributed by atoms with Crippen molar-refractivity contribution in [2.45, 2.75) is 25.3 Å². The van der Waals surface area contributed by atoms with Crippen molar-refractivity contribution in [1.29, 1.82) is 0 Å². The van der Waals surface area contributed by atoms with E-state index in [9.17, 15) is 0 Å². The van der Waals surface area contributed by atoms with E-state index in [0.29, 0.717) is 6.04 Å². The maximum absolute atomic E-state index is 4.61. The summed E-state index contributed by atoms with van der Waals surface area (Å²) in [7, 11) is 2.20. The Kier molecular flexibility index (Phi) is 2.92. The summed E-state index contributed by atoms with van der Waals surface area (Å²) in [5.41, 5.74) is 1.16. The summed E-state index contributed by atoms with van der Waals surface area (Å²) in [6.07, 6.45) is 7.89. The van der Waals surface area contributed by atoms with Crippen molar-refractivity contribution in [2.75, 3.05) is 13.6 Å². The van der Waals surface area contributed by atoms with Crippen LogP contribution in [-0.4, -0.2) is 27.9 Å². The molecule has 0 amide bonds. The predicted octanol–water partition coefficient (Wildman–Crippen LogP) is 3.25. The van der Waals surface area contributed by atoms with Gasteiger partial charge in [0.2, 0.25) is 0 Å². The van der Waals surface area contributed by atoms with Gasteiger partial charge in [-0.3, -0.25) is 4.90 Å². The fourth-order valence-electron chi connectivity index (χ4n) is 2.64.